The summed E-state index contributed by atoms with van der Waals surface area (Å²) in [6, 6.07) is 3.33. The predicted octanol–water partition coefficient (Wildman–Crippen LogP) is 7.66. The van der Waals surface area contributed by atoms with Gasteiger partial charge in [0.2, 0.25) is 0 Å². The number of rotatable bonds is 18. The second-order valence-corrected chi connectivity index (χ2v) is 9.81. The number of aromatic hydroxyl groups is 1. The molecule has 0 heterocycles. The van der Waals surface area contributed by atoms with Gasteiger partial charge in [-0.05, 0) is 43.4 Å². The Hall–Kier alpha value is -5.21. The van der Waals surface area contributed by atoms with E-state index in [1.807, 2.05) is 0 Å². The molecule has 0 saturated heterocycles. The van der Waals surface area contributed by atoms with Crippen LogP contribution in [0.4, 0.5) is 30.7 Å². The maximum absolute atomic E-state index is 15.3. The molecule has 0 bridgehead atoms. The average molecular weight is 687 g/mol. The van der Waals surface area contributed by atoms with Gasteiger partial charge in [-0.2, -0.15) is 8.78 Å². The molecule has 0 spiro atoms. The quantitative estimate of drug-likeness (QED) is 0.0479. The molecular formula is C33H29F7O8. The standard InChI is InChI=1S/C33H29F7O8/c1-3-28(42)46-11-7-5-9-44-26-15-20(41)16-27(45-10-6-8-12-47-29(43)4-2)30(26)19-13-22(34)31(23(35)14-19)33(39,40)48-21-17-24(36)32(38)25(37)18-21/h3-4,13-18,41H,1-2,5-12H2. The van der Waals surface area contributed by atoms with Crippen molar-refractivity contribution < 1.29 is 69.1 Å². The summed E-state index contributed by atoms with van der Waals surface area (Å²) in [7, 11) is 0. The smallest absolute Gasteiger partial charge is 0.432 e. The number of carbonyl (C=O) groups is 2. The van der Waals surface area contributed by atoms with E-state index in [-0.39, 0.29) is 66.9 Å². The molecule has 0 aromatic heterocycles. The molecule has 0 fully saturated rings. The van der Waals surface area contributed by atoms with Crippen molar-refractivity contribution >= 4 is 11.9 Å². The summed E-state index contributed by atoms with van der Waals surface area (Å²) in [5.74, 6) is -12.7. The van der Waals surface area contributed by atoms with E-state index in [0.29, 0.717) is 37.8 Å². The number of unbranched alkanes of at least 4 members (excludes halogenated alkanes) is 2. The number of ether oxygens (including phenoxy) is 5. The molecule has 0 unspecified atom stereocenters. The van der Waals surface area contributed by atoms with Gasteiger partial charge in [0.15, 0.2) is 17.5 Å². The topological polar surface area (TPSA) is 101 Å². The number of phenols is 1. The number of benzene rings is 3. The summed E-state index contributed by atoms with van der Waals surface area (Å²) >= 11 is 0. The molecule has 0 aliphatic carbocycles. The summed E-state index contributed by atoms with van der Waals surface area (Å²) in [6.45, 7) is 6.49. The number of esters is 2. The minimum atomic E-state index is -4.83. The number of hydrogen-bond donors (Lipinski definition) is 1. The molecule has 0 radical (unpaired) electrons. The third-order valence-corrected chi connectivity index (χ3v) is 6.29. The van der Waals surface area contributed by atoms with Gasteiger partial charge in [-0.3, -0.25) is 0 Å². The van der Waals surface area contributed by atoms with Gasteiger partial charge in [-0.15, -0.1) is 0 Å². The van der Waals surface area contributed by atoms with E-state index in [2.05, 4.69) is 17.9 Å². The van der Waals surface area contributed by atoms with E-state index < -0.39 is 58.4 Å². The Morgan fingerprint density at radius 3 is 1.56 bits per heavy atom. The summed E-state index contributed by atoms with van der Waals surface area (Å²) in [6.07, 6.45) is -1.59. The highest BCUT2D eigenvalue weighted by molar-refractivity contribution is 5.81. The maximum atomic E-state index is 15.3. The Balaban J connectivity index is 1.92. The second kappa shape index (κ2) is 17.1. The van der Waals surface area contributed by atoms with Gasteiger partial charge in [0.25, 0.3) is 0 Å². The molecule has 0 atom stereocenters. The molecule has 0 aliphatic heterocycles. The van der Waals surface area contributed by atoms with Crippen LogP contribution in [0.15, 0.2) is 61.7 Å². The van der Waals surface area contributed by atoms with Gasteiger partial charge >= 0.3 is 18.0 Å². The molecule has 8 nitrogen and oxygen atoms in total. The highest BCUT2D eigenvalue weighted by Crippen LogP contribution is 2.44. The second-order valence-electron chi connectivity index (χ2n) is 9.81. The largest absolute Gasteiger partial charge is 0.508 e. The fraction of sp³-hybridized carbons (Fsp3) is 0.273. The van der Waals surface area contributed by atoms with Gasteiger partial charge in [0.1, 0.15) is 40.2 Å². The first-order valence-corrected chi connectivity index (χ1v) is 14.2. The Morgan fingerprint density at radius 2 is 1.12 bits per heavy atom. The molecule has 1 N–H and O–H groups in total. The van der Waals surface area contributed by atoms with Crippen LogP contribution in [0.25, 0.3) is 11.1 Å². The van der Waals surface area contributed by atoms with E-state index in [0.717, 1.165) is 24.3 Å². The molecule has 258 valence electrons. The summed E-state index contributed by atoms with van der Waals surface area (Å²) in [4.78, 5) is 22.4. The van der Waals surface area contributed by atoms with Crippen LogP contribution < -0.4 is 14.2 Å². The van der Waals surface area contributed by atoms with Crippen molar-refractivity contribution in [2.45, 2.75) is 31.8 Å². The minimum absolute atomic E-state index is 0.0307. The fourth-order valence-electron chi connectivity index (χ4n) is 4.11. The van der Waals surface area contributed by atoms with E-state index >= 15 is 8.78 Å². The monoisotopic (exact) mass is 686 g/mol. The fourth-order valence-corrected chi connectivity index (χ4v) is 4.11. The van der Waals surface area contributed by atoms with Crippen LogP contribution in [0.1, 0.15) is 31.2 Å². The molecule has 0 amide bonds. The van der Waals surface area contributed by atoms with Gasteiger partial charge < -0.3 is 28.8 Å². The molecule has 3 rings (SSSR count). The van der Waals surface area contributed by atoms with Crippen LogP contribution in [0, 0.1) is 29.1 Å². The van der Waals surface area contributed by atoms with Crippen LogP contribution in [-0.4, -0.2) is 43.5 Å². The number of hydrogen-bond acceptors (Lipinski definition) is 8. The number of phenolic OH excluding ortho intramolecular Hbond substituents is 1. The maximum Gasteiger partial charge on any atom is 0.432 e. The third kappa shape index (κ3) is 10.1. The van der Waals surface area contributed by atoms with Gasteiger partial charge in [-0.25, -0.2) is 31.5 Å². The molecule has 0 saturated carbocycles. The third-order valence-electron chi connectivity index (χ3n) is 6.29. The SMILES string of the molecule is C=CC(=O)OCCCCOc1cc(O)cc(OCCCCOC(=O)C=C)c1-c1cc(F)c(C(F)(F)Oc2cc(F)c(F)c(F)c2)c(F)c1. The number of alkyl halides is 2. The van der Waals surface area contributed by atoms with E-state index in [1.54, 1.807) is 0 Å². The molecule has 48 heavy (non-hydrogen) atoms. The highest BCUT2D eigenvalue weighted by atomic mass is 19.3. The van der Waals surface area contributed by atoms with Crippen LogP contribution in [-0.2, 0) is 25.2 Å². The van der Waals surface area contributed by atoms with Crippen LogP contribution in [0.3, 0.4) is 0 Å². The van der Waals surface area contributed by atoms with Crippen molar-refractivity contribution in [1.29, 1.82) is 0 Å². The zero-order chi connectivity index (χ0) is 35.4. The van der Waals surface area contributed by atoms with E-state index in [4.69, 9.17) is 18.9 Å². The Bertz CT molecular complexity index is 1550. The van der Waals surface area contributed by atoms with Crippen molar-refractivity contribution in [3.05, 3.63) is 96.4 Å². The van der Waals surface area contributed by atoms with Gasteiger partial charge in [0, 0.05) is 36.4 Å². The lowest BCUT2D eigenvalue weighted by atomic mass is 10.00. The molecule has 15 heteroatoms. The Labute approximate surface area is 269 Å². The van der Waals surface area contributed by atoms with Crippen LogP contribution >= 0.6 is 0 Å². The van der Waals surface area contributed by atoms with E-state index in [9.17, 15) is 36.6 Å². The first-order chi connectivity index (χ1) is 22.8. The average Bonchev–Trinajstić information content (AvgIpc) is 3.01. The van der Waals surface area contributed by atoms with Gasteiger partial charge in [-0.1, -0.05) is 13.2 Å². The molecule has 0 aliphatic rings. The summed E-state index contributed by atoms with van der Waals surface area (Å²) < 4.78 is 126. The van der Waals surface area contributed by atoms with Gasteiger partial charge in [0.05, 0.1) is 32.0 Å². The zero-order valence-corrected chi connectivity index (χ0v) is 25.1. The van der Waals surface area contributed by atoms with Crippen molar-refractivity contribution in [3.8, 4) is 34.1 Å². The molecule has 3 aromatic rings. The first kappa shape index (κ1) is 37.2. The lowest BCUT2D eigenvalue weighted by Crippen LogP contribution is -2.25. The molecular weight excluding hydrogens is 657 g/mol. The lowest BCUT2D eigenvalue weighted by Gasteiger charge is -2.21. The van der Waals surface area contributed by atoms with Crippen molar-refractivity contribution in [3.63, 3.8) is 0 Å². The first-order valence-electron chi connectivity index (χ1n) is 14.2. The Morgan fingerprint density at radius 1 is 0.688 bits per heavy atom. The van der Waals surface area contributed by atoms with Crippen LogP contribution in [0.5, 0.6) is 23.0 Å². The molecule has 3 aromatic carbocycles. The number of halogens is 7. The van der Waals surface area contributed by atoms with Crippen LogP contribution in [0.2, 0.25) is 0 Å². The normalized spacial score (nSPS) is 11.1. The highest BCUT2D eigenvalue weighted by Gasteiger charge is 2.42. The Kier molecular flexibility index (Phi) is 13.3. The van der Waals surface area contributed by atoms with Crippen molar-refractivity contribution in [2.75, 3.05) is 26.4 Å². The predicted molar refractivity (Wildman–Crippen MR) is 156 cm³/mol. The minimum Gasteiger partial charge on any atom is -0.508 e. The summed E-state index contributed by atoms with van der Waals surface area (Å²) in [5, 5.41) is 10.3. The van der Waals surface area contributed by atoms with Crippen molar-refractivity contribution in [1.82, 2.24) is 0 Å². The van der Waals surface area contributed by atoms with E-state index in [1.165, 1.54) is 0 Å². The zero-order valence-electron chi connectivity index (χ0n) is 25.1. The lowest BCUT2D eigenvalue weighted by molar-refractivity contribution is -0.189. The summed E-state index contributed by atoms with van der Waals surface area (Å²) in [5.41, 5.74) is -2.46. The number of carbonyl (C=O) groups excluding carboxylic acids is 2. The van der Waals surface area contributed by atoms with Crippen molar-refractivity contribution in [2.24, 2.45) is 0 Å².